The van der Waals surface area contributed by atoms with Gasteiger partial charge in [0.1, 0.15) is 23.3 Å². The largest absolute Gasteiger partial charge is 0.365 e. The van der Waals surface area contributed by atoms with E-state index in [0.29, 0.717) is 83.5 Å². The molecule has 10 rings (SSSR count). The van der Waals surface area contributed by atoms with Gasteiger partial charge in [-0.15, -0.1) is 10.1 Å². The summed E-state index contributed by atoms with van der Waals surface area (Å²) in [7, 11) is 9.47. The first-order chi connectivity index (χ1) is 57.1. The minimum Gasteiger partial charge on any atom is -0.355 e. The standard InChI is InChI=1S/C17H19N5O2.C13H14N4O4.C13H11NO5.2C10H14N4O.2C10H11NO2/c1-11(12-4-6-13(7-5-12)16(23)18-2)21-22-15-9-8-14(10-20-15)17(24)19-3;1-8(2)15-16-10-4-3-9(7-14-10)13(20)21-17-11(18)5-6-12(17)19;1-8(15)9-2-4-10(5-3-9)13(18)19-14-11(16)6-7-12(14)17;2*1-7(2)13-14-9-5-4-8(6-12-9)10(15)11-3;2*1-7(12)8-3-5-9(6-4-8)10(13)11-2/h4-10H,1-3H3,(H,18,23)(H,19,24)(H,20,22);3-4,7H,5-6H2,1-2H3,(H,14,16);2-5H,6-7H2,1H3;2*4-6H,1-3H3,(H,11,15)(H,12,14);2*3-6H,1-2H3,(H,11,13)/b21-11+;;;;;;. The SMILES string of the molecule is CC(=O)c1ccc(C(=O)ON2C(=O)CCC2=O)cc1.CC(C)=NNc1ccc(C(=O)ON2C(=O)CCC2=O)cn1.CNC(=O)c1ccc(/C(C)=N/Nc2ccc(C(=O)NC)cn2)cc1.CNC(=O)c1ccc(C(C)=O)cc1.CNC(=O)c1ccc(C(C)=O)cc1.CNC(=O)c1ccc(NN=C(C)C)nc1.CNC(=O)c1ccc(NN=C(C)C)nc1. The van der Waals surface area contributed by atoms with E-state index in [9.17, 15) is 71.9 Å². The molecular formula is C83H94N20O17. The van der Waals surface area contributed by atoms with Gasteiger partial charge in [0.2, 0.25) is 0 Å². The maximum atomic E-state index is 11.8. The number of rotatable bonds is 22. The number of hydrogen-bond acceptors (Lipinski definition) is 29. The van der Waals surface area contributed by atoms with Crippen molar-refractivity contribution in [1.82, 2.24) is 62.0 Å². The Balaban J connectivity index is 0.000000298. The maximum absolute atomic E-state index is 11.8. The Bertz CT molecular complexity index is 4890. The summed E-state index contributed by atoms with van der Waals surface area (Å²) in [6, 6.07) is 39.2. The van der Waals surface area contributed by atoms with Crippen molar-refractivity contribution in [1.29, 1.82) is 0 Å². The molecule has 4 aromatic heterocycles. The number of Topliss-reactive ketones (excluding diaryl/α,β-unsaturated/α-hetero) is 3. The van der Waals surface area contributed by atoms with E-state index in [2.05, 4.69) is 93.9 Å². The Morgan fingerprint density at radius 1 is 0.267 bits per heavy atom. The van der Waals surface area contributed by atoms with Gasteiger partial charge in [-0.25, -0.2) is 29.5 Å². The lowest BCUT2D eigenvalue weighted by Crippen LogP contribution is -2.32. The number of carbonyl (C=O) groups is 15. The normalized spacial score (nSPS) is 11.3. The van der Waals surface area contributed by atoms with Gasteiger partial charge in [-0.05, 0) is 172 Å². The summed E-state index contributed by atoms with van der Waals surface area (Å²) in [4.78, 5) is 195. The first-order valence-corrected chi connectivity index (χ1v) is 36.4. The average molecular weight is 1640 g/mol. The van der Waals surface area contributed by atoms with Crippen molar-refractivity contribution in [3.63, 3.8) is 0 Å². The second-order valence-corrected chi connectivity index (χ2v) is 25.4. The quantitative estimate of drug-likeness (QED) is 0.0131. The molecule has 0 radical (unpaired) electrons. The minimum atomic E-state index is -0.812. The number of anilines is 4. The van der Waals surface area contributed by atoms with Gasteiger partial charge in [0, 0.05) is 143 Å². The molecule has 2 saturated heterocycles. The predicted octanol–water partition coefficient (Wildman–Crippen LogP) is 8.85. The number of hydroxylamine groups is 4. The Labute approximate surface area is 691 Å². The van der Waals surface area contributed by atoms with Crippen molar-refractivity contribution in [2.45, 2.75) is 94.9 Å². The highest BCUT2D eigenvalue weighted by Gasteiger charge is 2.34. The Morgan fingerprint density at radius 3 is 0.692 bits per heavy atom. The number of pyridine rings is 4. The summed E-state index contributed by atoms with van der Waals surface area (Å²) in [6.07, 6.45) is 5.97. The number of aromatic nitrogens is 4. The van der Waals surface area contributed by atoms with E-state index >= 15 is 0 Å². The van der Waals surface area contributed by atoms with Crippen LogP contribution >= 0.6 is 0 Å². The molecule has 2 aliphatic heterocycles. The highest BCUT2D eigenvalue weighted by molar-refractivity contribution is 6.05. The third-order valence-electron chi connectivity index (χ3n) is 15.5. The van der Waals surface area contributed by atoms with Crippen LogP contribution in [0.2, 0.25) is 0 Å². The number of benzene rings is 4. The fraction of sp³-hybridized carbons (Fsp3) is 0.241. The van der Waals surface area contributed by atoms with Crippen molar-refractivity contribution >= 4 is 134 Å². The highest BCUT2D eigenvalue weighted by Crippen LogP contribution is 2.18. The first-order valence-electron chi connectivity index (χ1n) is 36.4. The van der Waals surface area contributed by atoms with E-state index < -0.39 is 35.6 Å². The van der Waals surface area contributed by atoms with Crippen LogP contribution in [0.3, 0.4) is 0 Å². The molecule has 0 saturated carbocycles. The number of hydrazone groups is 4. The van der Waals surface area contributed by atoms with Gasteiger partial charge in [-0.2, -0.15) is 20.4 Å². The van der Waals surface area contributed by atoms with E-state index in [1.165, 1.54) is 82.0 Å². The van der Waals surface area contributed by atoms with Gasteiger partial charge in [-0.3, -0.25) is 84.0 Å². The summed E-state index contributed by atoms with van der Waals surface area (Å²) in [6.45, 7) is 17.4. The number of nitrogens with one attached hydrogen (secondary N) is 10. The smallest absolute Gasteiger partial charge is 0.355 e. The molecule has 0 unspecified atom stereocenters. The number of amides is 10. The molecular weight excluding hydrogens is 1550 g/mol. The number of ketones is 3. The molecule has 10 amide bonds. The molecule has 2 fully saturated rings. The molecule has 10 N–H and O–H groups in total. The number of imide groups is 2. The summed E-state index contributed by atoms with van der Waals surface area (Å²) < 4.78 is 0. The lowest BCUT2D eigenvalue weighted by molar-refractivity contribution is -0.173. The molecule has 8 aromatic rings. The lowest BCUT2D eigenvalue weighted by atomic mass is 10.1. The van der Waals surface area contributed by atoms with Crippen LogP contribution in [0.1, 0.15) is 214 Å². The van der Waals surface area contributed by atoms with Crippen LogP contribution in [0, 0.1) is 0 Å². The van der Waals surface area contributed by atoms with Gasteiger partial charge in [0.15, 0.2) is 17.3 Å². The van der Waals surface area contributed by atoms with Crippen molar-refractivity contribution < 1.29 is 81.6 Å². The molecule has 120 heavy (non-hydrogen) atoms. The van der Waals surface area contributed by atoms with Crippen LogP contribution in [0.25, 0.3) is 0 Å². The third kappa shape index (κ3) is 33.1. The zero-order valence-electron chi connectivity index (χ0n) is 68.9. The zero-order valence-corrected chi connectivity index (χ0v) is 68.9. The van der Waals surface area contributed by atoms with Crippen LogP contribution in [0.5, 0.6) is 0 Å². The maximum Gasteiger partial charge on any atom is 0.365 e. The fourth-order valence-electron chi connectivity index (χ4n) is 8.95. The van der Waals surface area contributed by atoms with Crippen LogP contribution in [-0.2, 0) is 28.9 Å². The monoisotopic (exact) mass is 1640 g/mol. The predicted molar refractivity (Wildman–Crippen MR) is 449 cm³/mol. The molecule has 0 aliphatic carbocycles. The summed E-state index contributed by atoms with van der Waals surface area (Å²) >= 11 is 0. The molecule has 0 atom stereocenters. The van der Waals surface area contributed by atoms with Gasteiger partial charge >= 0.3 is 11.9 Å². The van der Waals surface area contributed by atoms with E-state index in [4.69, 9.17) is 9.68 Å². The van der Waals surface area contributed by atoms with E-state index in [0.717, 1.165) is 28.4 Å². The topological polar surface area (TPSA) is 502 Å². The van der Waals surface area contributed by atoms with Gasteiger partial charge in [0.05, 0.1) is 33.5 Å². The van der Waals surface area contributed by atoms with Crippen LogP contribution in [0.15, 0.2) is 191 Å². The third-order valence-corrected chi connectivity index (χ3v) is 15.5. The van der Waals surface area contributed by atoms with Crippen LogP contribution in [-0.4, -0.2) is 184 Å². The zero-order chi connectivity index (χ0) is 89.1. The van der Waals surface area contributed by atoms with E-state index in [1.54, 1.807) is 139 Å². The molecule has 37 heteroatoms. The van der Waals surface area contributed by atoms with Crippen molar-refractivity contribution in [3.8, 4) is 0 Å². The molecule has 4 aromatic carbocycles. The molecule has 37 nitrogen and oxygen atoms in total. The van der Waals surface area contributed by atoms with Gasteiger partial charge in [-0.1, -0.05) is 48.5 Å². The van der Waals surface area contributed by atoms with Crippen molar-refractivity contribution in [2.24, 2.45) is 20.4 Å². The Hall–Kier alpha value is -15.6. The minimum absolute atomic E-state index is 0.00320. The van der Waals surface area contributed by atoms with Gasteiger partial charge in [0.25, 0.3) is 59.1 Å². The van der Waals surface area contributed by atoms with Crippen molar-refractivity contribution in [2.75, 3.05) is 64.0 Å². The fourth-order valence-corrected chi connectivity index (χ4v) is 8.95. The lowest BCUT2D eigenvalue weighted by Gasteiger charge is -2.12. The summed E-state index contributed by atoms with van der Waals surface area (Å²) in [5.41, 5.74) is 20.6. The summed E-state index contributed by atoms with van der Waals surface area (Å²) in [5.74, 6) is -2.52. The molecule has 628 valence electrons. The first kappa shape index (κ1) is 96.8. The van der Waals surface area contributed by atoms with Crippen molar-refractivity contribution in [3.05, 3.63) is 237 Å². The Morgan fingerprint density at radius 2 is 0.467 bits per heavy atom. The average Bonchev–Trinajstić information content (AvgIpc) is 1.81. The van der Waals surface area contributed by atoms with E-state index in [1.807, 2.05) is 60.6 Å². The molecule has 0 spiro atoms. The second-order valence-electron chi connectivity index (χ2n) is 25.4. The summed E-state index contributed by atoms with van der Waals surface area (Å²) in [5, 5.41) is 32.4. The second kappa shape index (κ2) is 49.9. The Kier molecular flexibility index (Phi) is 40.3. The van der Waals surface area contributed by atoms with Gasteiger partial charge < -0.3 is 41.6 Å². The van der Waals surface area contributed by atoms with E-state index in [-0.39, 0.29) is 89.6 Å². The number of hydrogen-bond donors (Lipinski definition) is 10. The number of nitrogens with zero attached hydrogens (tertiary/aromatic N) is 10. The molecule has 6 heterocycles. The number of carbonyl (C=O) groups excluding carboxylic acids is 15. The highest BCUT2D eigenvalue weighted by atomic mass is 16.7. The van der Waals surface area contributed by atoms with Crippen LogP contribution in [0.4, 0.5) is 23.3 Å². The molecule has 2 aliphatic rings. The molecule has 0 bridgehead atoms. The van der Waals surface area contributed by atoms with Crippen LogP contribution < -0.4 is 53.6 Å².